The molecule has 300 valence electrons. The van der Waals surface area contributed by atoms with Crippen LogP contribution in [0.3, 0.4) is 0 Å². The minimum atomic E-state index is -0.535. The molecule has 61 heavy (non-hydrogen) atoms. The van der Waals surface area contributed by atoms with Crippen LogP contribution in [0.25, 0.3) is 22.3 Å². The fourth-order valence-electron chi connectivity index (χ4n) is 10.0. The summed E-state index contributed by atoms with van der Waals surface area (Å²) in [6.07, 6.45) is 0. The Labute approximate surface area is 362 Å². The van der Waals surface area contributed by atoms with E-state index < -0.39 is 5.41 Å². The fraction of sp³-hybridized carbons (Fsp3) is 0.186. The van der Waals surface area contributed by atoms with Gasteiger partial charge in [0.25, 0.3) is 0 Å². The van der Waals surface area contributed by atoms with Crippen molar-refractivity contribution in [2.24, 2.45) is 0 Å². The van der Waals surface area contributed by atoms with Crippen LogP contribution in [0.2, 0.25) is 0 Å². The molecule has 0 amide bonds. The average Bonchev–Trinajstić information content (AvgIpc) is 3.70. The zero-order valence-corrected chi connectivity index (χ0v) is 36.7. The molecule has 10 rings (SSSR count). The van der Waals surface area contributed by atoms with Crippen LogP contribution in [0.4, 0.5) is 34.1 Å². The molecule has 0 aromatic heterocycles. The van der Waals surface area contributed by atoms with Gasteiger partial charge in [-0.2, -0.15) is 0 Å². The summed E-state index contributed by atoms with van der Waals surface area (Å²) in [4.78, 5) is 4.88. The highest BCUT2D eigenvalue weighted by Gasteiger charge is 2.52. The second-order valence-electron chi connectivity index (χ2n) is 19.2. The summed E-state index contributed by atoms with van der Waals surface area (Å²) in [5.74, 6) is 0. The van der Waals surface area contributed by atoms with Crippen LogP contribution in [-0.2, 0) is 16.2 Å². The number of aryl methyl sites for hydroxylation is 2. The summed E-state index contributed by atoms with van der Waals surface area (Å²) in [6.45, 7) is 18.1. The average molecular weight is 791 g/mol. The number of rotatable bonds is 6. The summed E-state index contributed by atoms with van der Waals surface area (Å²) in [7, 11) is 0. The Morgan fingerprint density at radius 2 is 0.656 bits per heavy atom. The van der Waals surface area contributed by atoms with Crippen LogP contribution in [0.15, 0.2) is 182 Å². The van der Waals surface area contributed by atoms with Gasteiger partial charge in [0, 0.05) is 34.1 Å². The summed E-state index contributed by atoms with van der Waals surface area (Å²) in [6, 6.07) is 68.8. The Morgan fingerprint density at radius 1 is 0.311 bits per heavy atom. The Hall–Kier alpha value is -6.64. The first kappa shape index (κ1) is 38.6. The molecule has 0 aliphatic heterocycles. The Bertz CT molecular complexity index is 2750. The third kappa shape index (κ3) is 6.31. The van der Waals surface area contributed by atoms with Crippen molar-refractivity contribution in [3.63, 3.8) is 0 Å². The highest BCUT2D eigenvalue weighted by molar-refractivity contribution is 5.97. The molecule has 0 radical (unpaired) electrons. The van der Waals surface area contributed by atoms with Crippen molar-refractivity contribution in [1.82, 2.24) is 0 Å². The predicted octanol–water partition coefficient (Wildman–Crippen LogP) is 16.2. The molecule has 8 aromatic rings. The zero-order chi connectivity index (χ0) is 42.3. The van der Waals surface area contributed by atoms with E-state index in [-0.39, 0.29) is 10.8 Å². The van der Waals surface area contributed by atoms with E-state index in [1.807, 2.05) is 0 Å². The van der Waals surface area contributed by atoms with Crippen LogP contribution >= 0.6 is 0 Å². The normalized spacial score (nSPS) is 13.4. The molecule has 0 N–H and O–H groups in total. The topological polar surface area (TPSA) is 6.48 Å². The molecule has 0 heterocycles. The third-order valence-electron chi connectivity index (χ3n) is 13.1. The molecule has 0 bridgehead atoms. The van der Waals surface area contributed by atoms with Gasteiger partial charge < -0.3 is 9.80 Å². The minimum Gasteiger partial charge on any atom is -0.310 e. The van der Waals surface area contributed by atoms with Gasteiger partial charge in [-0.05, 0) is 164 Å². The van der Waals surface area contributed by atoms with Crippen molar-refractivity contribution in [3.05, 3.63) is 226 Å². The SMILES string of the molecule is Cc1cccc(N(c2ccc(C(C)(C)C)cc2)c2ccc3c(c2)C2(c4ccccc4-c4ccccc42)c2cc(N(c4ccc(C(C)(C)C)cc4)c4cccc(C)c4)ccc2-3)c1. The van der Waals surface area contributed by atoms with Crippen LogP contribution in [0, 0.1) is 13.8 Å². The van der Waals surface area contributed by atoms with Gasteiger partial charge in [-0.3, -0.25) is 0 Å². The Kier molecular flexibility index (Phi) is 9.00. The molecule has 2 aliphatic rings. The first-order valence-electron chi connectivity index (χ1n) is 21.8. The van der Waals surface area contributed by atoms with E-state index in [1.165, 1.54) is 66.8 Å². The first-order chi connectivity index (χ1) is 29.3. The molecule has 2 aliphatic carbocycles. The standard InChI is InChI=1S/C59H54N2/c1-39-15-13-17-45(35-39)60(43-27-23-41(24-28-43)57(3,4)5)47-31-33-51-52-34-32-48(61(46-18-14-16-40(2)36-46)44-29-25-42(26-30-44)58(6,7)8)38-56(52)59(55(51)37-47)53-21-11-9-19-49(53)50-20-10-12-22-54(50)59/h9-38H,1-8H3. The van der Waals surface area contributed by atoms with Crippen LogP contribution in [-0.4, -0.2) is 0 Å². The highest BCUT2D eigenvalue weighted by Crippen LogP contribution is 2.64. The lowest BCUT2D eigenvalue weighted by atomic mass is 9.70. The second kappa shape index (κ2) is 14.2. The van der Waals surface area contributed by atoms with E-state index in [4.69, 9.17) is 0 Å². The maximum absolute atomic E-state index is 2.50. The number of anilines is 6. The molecule has 0 unspecified atom stereocenters. The molecule has 0 atom stereocenters. The lowest BCUT2D eigenvalue weighted by Crippen LogP contribution is -2.26. The number of benzene rings is 8. The molecule has 2 heteroatoms. The smallest absolute Gasteiger partial charge is 0.0727 e. The molecule has 1 spiro atoms. The van der Waals surface area contributed by atoms with Crippen molar-refractivity contribution in [2.45, 2.75) is 71.6 Å². The van der Waals surface area contributed by atoms with Gasteiger partial charge in [0.05, 0.1) is 5.41 Å². The van der Waals surface area contributed by atoms with E-state index >= 15 is 0 Å². The van der Waals surface area contributed by atoms with Gasteiger partial charge in [-0.1, -0.05) is 151 Å². The molecule has 0 fully saturated rings. The number of hydrogen-bond donors (Lipinski definition) is 0. The maximum atomic E-state index is 2.50. The summed E-state index contributed by atoms with van der Waals surface area (Å²) >= 11 is 0. The molecule has 8 aromatic carbocycles. The van der Waals surface area contributed by atoms with E-state index in [9.17, 15) is 0 Å². The van der Waals surface area contributed by atoms with Crippen molar-refractivity contribution < 1.29 is 0 Å². The van der Waals surface area contributed by atoms with E-state index in [0.29, 0.717) is 0 Å². The summed E-state index contributed by atoms with van der Waals surface area (Å²) < 4.78 is 0. The second-order valence-corrected chi connectivity index (χ2v) is 19.2. The summed E-state index contributed by atoms with van der Waals surface area (Å²) in [5.41, 5.74) is 22.0. The zero-order valence-electron chi connectivity index (χ0n) is 36.7. The number of fused-ring (bicyclic) bond motifs is 10. The van der Waals surface area contributed by atoms with E-state index in [2.05, 4.69) is 247 Å². The molecule has 2 nitrogen and oxygen atoms in total. The van der Waals surface area contributed by atoms with Crippen molar-refractivity contribution in [1.29, 1.82) is 0 Å². The number of nitrogens with zero attached hydrogens (tertiary/aromatic N) is 2. The summed E-state index contributed by atoms with van der Waals surface area (Å²) in [5, 5.41) is 0. The van der Waals surface area contributed by atoms with Gasteiger partial charge in [0.15, 0.2) is 0 Å². The van der Waals surface area contributed by atoms with Gasteiger partial charge in [0.1, 0.15) is 0 Å². The highest BCUT2D eigenvalue weighted by atomic mass is 15.1. The molecular formula is C59H54N2. The first-order valence-corrected chi connectivity index (χ1v) is 21.8. The maximum Gasteiger partial charge on any atom is 0.0727 e. The molecular weight excluding hydrogens is 737 g/mol. The lowest BCUT2D eigenvalue weighted by Gasteiger charge is -2.33. The van der Waals surface area contributed by atoms with Gasteiger partial charge in [0.2, 0.25) is 0 Å². The van der Waals surface area contributed by atoms with Gasteiger partial charge in [-0.15, -0.1) is 0 Å². The largest absolute Gasteiger partial charge is 0.310 e. The van der Waals surface area contributed by atoms with Gasteiger partial charge in [-0.25, -0.2) is 0 Å². The minimum absolute atomic E-state index is 0.0608. The molecule has 0 saturated carbocycles. The molecule has 0 saturated heterocycles. The monoisotopic (exact) mass is 790 g/mol. The number of hydrogen-bond acceptors (Lipinski definition) is 2. The third-order valence-corrected chi connectivity index (χ3v) is 13.1. The Balaban J connectivity index is 1.22. The fourth-order valence-corrected chi connectivity index (χ4v) is 10.0. The quantitative estimate of drug-likeness (QED) is 0.166. The van der Waals surface area contributed by atoms with Crippen LogP contribution in [0.5, 0.6) is 0 Å². The van der Waals surface area contributed by atoms with E-state index in [0.717, 1.165) is 34.1 Å². The van der Waals surface area contributed by atoms with Crippen LogP contribution < -0.4 is 9.80 Å². The van der Waals surface area contributed by atoms with Crippen molar-refractivity contribution in [3.8, 4) is 22.3 Å². The predicted molar refractivity (Wildman–Crippen MR) is 259 cm³/mol. The lowest BCUT2D eigenvalue weighted by molar-refractivity contribution is 0.590. The van der Waals surface area contributed by atoms with Crippen molar-refractivity contribution in [2.75, 3.05) is 9.80 Å². The van der Waals surface area contributed by atoms with Crippen LogP contribution in [0.1, 0.15) is 86.1 Å². The van der Waals surface area contributed by atoms with Gasteiger partial charge >= 0.3 is 0 Å². The Morgan fingerprint density at radius 3 is 1.03 bits per heavy atom. The van der Waals surface area contributed by atoms with E-state index in [1.54, 1.807) is 0 Å². The van der Waals surface area contributed by atoms with Crippen molar-refractivity contribution >= 4 is 34.1 Å².